The number of nitrogens with two attached hydrogens (primary N) is 1. The lowest BCUT2D eigenvalue weighted by Gasteiger charge is -2.42. The molecule has 0 aromatic heterocycles. The summed E-state index contributed by atoms with van der Waals surface area (Å²) < 4.78 is 45.7. The lowest BCUT2D eigenvalue weighted by Crippen LogP contribution is -2.57. The molecule has 1 aliphatic rings. The van der Waals surface area contributed by atoms with Crippen molar-refractivity contribution in [2.75, 3.05) is 13.2 Å². The third-order valence-electron chi connectivity index (χ3n) is 5.76. The second-order valence-corrected chi connectivity index (χ2v) is 8.16. The number of amides is 2. The molecule has 1 heterocycles. The Morgan fingerprint density at radius 2 is 2.00 bits per heavy atom. The van der Waals surface area contributed by atoms with Gasteiger partial charge in [-0.2, -0.15) is 13.2 Å². The first-order valence-corrected chi connectivity index (χ1v) is 10.3. The third kappa shape index (κ3) is 5.77. The monoisotopic (exact) mass is 435 g/mol. The number of aryl methyl sites for hydroxylation is 1. The smallest absolute Gasteiger partial charge is 0.372 e. The summed E-state index contributed by atoms with van der Waals surface area (Å²) in [6.07, 6.45) is -3.55. The summed E-state index contributed by atoms with van der Waals surface area (Å²) in [7, 11) is 0. The van der Waals surface area contributed by atoms with E-state index < -0.39 is 29.4 Å². The van der Waals surface area contributed by atoms with E-state index in [-0.39, 0.29) is 12.6 Å². The van der Waals surface area contributed by atoms with E-state index >= 15 is 0 Å². The van der Waals surface area contributed by atoms with Gasteiger partial charge in [0.1, 0.15) is 0 Å². The molecule has 8 heteroatoms. The van der Waals surface area contributed by atoms with Gasteiger partial charge >= 0.3 is 12.2 Å². The maximum absolute atomic E-state index is 13.2. The lowest BCUT2D eigenvalue weighted by molar-refractivity contribution is -0.137. The molecule has 0 unspecified atom stereocenters. The number of rotatable bonds is 6. The molecule has 4 N–H and O–H groups in total. The van der Waals surface area contributed by atoms with Crippen molar-refractivity contribution in [2.45, 2.75) is 50.6 Å². The Labute approximate surface area is 180 Å². The minimum Gasteiger partial charge on any atom is -0.372 e. The second-order valence-electron chi connectivity index (χ2n) is 8.16. The molecule has 168 valence electrons. The molecule has 31 heavy (non-hydrogen) atoms. The van der Waals surface area contributed by atoms with Crippen molar-refractivity contribution in [3.63, 3.8) is 0 Å². The SMILES string of the molecule is Cc1cc([C@@H](C)OC[C@@]2(c3ccccc3)CC[C@H](NC(N)=O)CN2)cc(C(F)(F)F)c1. The van der Waals surface area contributed by atoms with Crippen LogP contribution in [0.1, 0.15) is 48.1 Å². The van der Waals surface area contributed by atoms with Crippen LogP contribution in [0.5, 0.6) is 0 Å². The Morgan fingerprint density at radius 1 is 1.29 bits per heavy atom. The summed E-state index contributed by atoms with van der Waals surface area (Å²) in [4.78, 5) is 11.2. The zero-order chi connectivity index (χ0) is 22.6. The summed E-state index contributed by atoms with van der Waals surface area (Å²) in [5.41, 5.74) is 6.10. The number of nitrogens with one attached hydrogen (secondary N) is 2. The number of hydrogen-bond donors (Lipinski definition) is 3. The van der Waals surface area contributed by atoms with Crippen LogP contribution in [-0.4, -0.2) is 25.2 Å². The van der Waals surface area contributed by atoms with Crippen molar-refractivity contribution in [3.8, 4) is 0 Å². The number of primary amides is 1. The molecular weight excluding hydrogens is 407 g/mol. The van der Waals surface area contributed by atoms with E-state index in [9.17, 15) is 18.0 Å². The molecule has 0 aliphatic carbocycles. The molecular formula is C23H28F3N3O2. The van der Waals surface area contributed by atoms with Crippen molar-refractivity contribution in [3.05, 3.63) is 70.8 Å². The Morgan fingerprint density at radius 3 is 2.58 bits per heavy atom. The van der Waals surface area contributed by atoms with Gasteiger partial charge < -0.3 is 21.1 Å². The average molecular weight is 435 g/mol. The highest BCUT2D eigenvalue weighted by atomic mass is 19.4. The number of carbonyl (C=O) groups excluding carboxylic acids is 1. The Kier molecular flexibility index (Phi) is 6.91. The highest BCUT2D eigenvalue weighted by Crippen LogP contribution is 2.35. The summed E-state index contributed by atoms with van der Waals surface area (Å²) in [5.74, 6) is 0. The van der Waals surface area contributed by atoms with Gasteiger partial charge in [0.25, 0.3) is 0 Å². The minimum absolute atomic E-state index is 0.0853. The van der Waals surface area contributed by atoms with Gasteiger partial charge in [-0.25, -0.2) is 4.79 Å². The van der Waals surface area contributed by atoms with E-state index in [0.717, 1.165) is 17.7 Å². The highest BCUT2D eigenvalue weighted by Gasteiger charge is 2.38. The first-order chi connectivity index (χ1) is 14.6. The molecule has 2 amide bonds. The fourth-order valence-corrected chi connectivity index (χ4v) is 4.04. The van der Waals surface area contributed by atoms with Gasteiger partial charge in [0.05, 0.1) is 23.8 Å². The number of carbonyl (C=O) groups is 1. The van der Waals surface area contributed by atoms with Crippen LogP contribution in [0.3, 0.4) is 0 Å². The largest absolute Gasteiger partial charge is 0.416 e. The first-order valence-electron chi connectivity index (χ1n) is 10.3. The average Bonchev–Trinajstić information content (AvgIpc) is 2.72. The first kappa shape index (κ1) is 23.1. The number of alkyl halides is 3. The van der Waals surface area contributed by atoms with Gasteiger partial charge in [-0.05, 0) is 49.9 Å². The molecule has 1 saturated heterocycles. The van der Waals surface area contributed by atoms with E-state index in [2.05, 4.69) is 10.6 Å². The van der Waals surface area contributed by atoms with Crippen molar-refractivity contribution in [2.24, 2.45) is 5.73 Å². The number of hydrogen-bond acceptors (Lipinski definition) is 3. The summed E-state index contributed by atoms with van der Waals surface area (Å²) >= 11 is 0. The van der Waals surface area contributed by atoms with Gasteiger partial charge in [-0.3, -0.25) is 0 Å². The van der Waals surface area contributed by atoms with Gasteiger partial charge in [0.15, 0.2) is 0 Å². The topological polar surface area (TPSA) is 76.4 Å². The van der Waals surface area contributed by atoms with Crippen LogP contribution in [0.25, 0.3) is 0 Å². The molecule has 1 aliphatic heterocycles. The van der Waals surface area contributed by atoms with Crippen molar-refractivity contribution in [1.29, 1.82) is 0 Å². The molecule has 0 radical (unpaired) electrons. The van der Waals surface area contributed by atoms with Crippen LogP contribution in [0.2, 0.25) is 0 Å². The van der Waals surface area contributed by atoms with Crippen molar-refractivity contribution < 1.29 is 22.7 Å². The summed E-state index contributed by atoms with van der Waals surface area (Å²) in [6.45, 7) is 4.19. The number of ether oxygens (including phenoxy) is 1. The van der Waals surface area contributed by atoms with Crippen LogP contribution in [0.4, 0.5) is 18.0 Å². The zero-order valence-electron chi connectivity index (χ0n) is 17.6. The van der Waals surface area contributed by atoms with E-state index in [1.54, 1.807) is 19.9 Å². The fraction of sp³-hybridized carbons (Fsp3) is 0.435. The predicted octanol–water partition coefficient (Wildman–Crippen LogP) is 4.41. The van der Waals surface area contributed by atoms with Crippen LogP contribution < -0.4 is 16.4 Å². The maximum atomic E-state index is 13.2. The Hall–Kier alpha value is -2.58. The molecule has 2 aromatic rings. The standard InChI is InChI=1S/C23H28F3N3O2/c1-15-10-17(12-19(11-15)23(24,25)26)16(2)31-14-22(18-6-4-3-5-7-18)9-8-20(13-28-22)29-21(27)30/h3-7,10-12,16,20,28H,8-9,13-14H2,1-2H3,(H3,27,29,30)/t16-,20+,22-/m1/s1. The molecule has 3 rings (SSSR count). The summed E-state index contributed by atoms with van der Waals surface area (Å²) in [5, 5.41) is 6.20. The second kappa shape index (κ2) is 9.28. The van der Waals surface area contributed by atoms with Crippen LogP contribution in [-0.2, 0) is 16.5 Å². The normalized spacial score (nSPS) is 22.7. The number of piperidine rings is 1. The molecule has 3 atom stereocenters. The quantitative estimate of drug-likeness (QED) is 0.629. The number of urea groups is 1. The Bertz CT molecular complexity index is 895. The predicted molar refractivity (Wildman–Crippen MR) is 112 cm³/mol. The van der Waals surface area contributed by atoms with Crippen LogP contribution in [0.15, 0.2) is 48.5 Å². The van der Waals surface area contributed by atoms with E-state index in [0.29, 0.717) is 30.5 Å². The van der Waals surface area contributed by atoms with Gasteiger partial charge in [0, 0.05) is 12.6 Å². The van der Waals surface area contributed by atoms with Gasteiger partial charge in [0.2, 0.25) is 0 Å². The maximum Gasteiger partial charge on any atom is 0.416 e. The zero-order valence-corrected chi connectivity index (χ0v) is 17.6. The van der Waals surface area contributed by atoms with E-state index in [1.807, 2.05) is 30.3 Å². The van der Waals surface area contributed by atoms with Gasteiger partial charge in [-0.1, -0.05) is 42.0 Å². The molecule has 0 saturated carbocycles. The van der Waals surface area contributed by atoms with Crippen molar-refractivity contribution in [1.82, 2.24) is 10.6 Å². The summed E-state index contributed by atoms with van der Waals surface area (Å²) in [6, 6.07) is 13.1. The number of benzene rings is 2. The molecule has 0 spiro atoms. The third-order valence-corrected chi connectivity index (χ3v) is 5.76. The molecule has 0 bridgehead atoms. The fourth-order valence-electron chi connectivity index (χ4n) is 4.04. The van der Waals surface area contributed by atoms with Crippen LogP contribution >= 0.6 is 0 Å². The molecule has 5 nitrogen and oxygen atoms in total. The van der Waals surface area contributed by atoms with E-state index in [1.165, 1.54) is 0 Å². The lowest BCUT2D eigenvalue weighted by atomic mass is 9.81. The molecule has 2 aromatic carbocycles. The van der Waals surface area contributed by atoms with Crippen LogP contribution in [0, 0.1) is 6.92 Å². The number of halogens is 3. The highest BCUT2D eigenvalue weighted by molar-refractivity contribution is 5.72. The van der Waals surface area contributed by atoms with Gasteiger partial charge in [-0.15, -0.1) is 0 Å². The van der Waals surface area contributed by atoms with Crippen molar-refractivity contribution >= 4 is 6.03 Å². The Balaban J connectivity index is 1.77. The molecule has 1 fully saturated rings. The minimum atomic E-state index is -4.40. The van der Waals surface area contributed by atoms with E-state index in [4.69, 9.17) is 10.5 Å².